The molecule has 0 unspecified atom stereocenters. The van der Waals surface area contributed by atoms with Crippen molar-refractivity contribution in [3.8, 4) is 0 Å². The van der Waals surface area contributed by atoms with Gasteiger partial charge in [-0.2, -0.15) is 0 Å². The van der Waals surface area contributed by atoms with Crippen LogP contribution in [0, 0.1) is 6.92 Å². The molecule has 23 heavy (non-hydrogen) atoms. The molecular weight excluding hydrogens is 292 g/mol. The average Bonchev–Trinajstić information content (AvgIpc) is 2.92. The van der Waals surface area contributed by atoms with Crippen molar-refractivity contribution in [1.29, 1.82) is 0 Å². The van der Waals surface area contributed by atoms with Gasteiger partial charge in [-0.1, -0.05) is 11.6 Å². The quantitative estimate of drug-likeness (QED) is 0.721. The van der Waals surface area contributed by atoms with Gasteiger partial charge in [-0.15, -0.1) is 10.2 Å². The van der Waals surface area contributed by atoms with Gasteiger partial charge < -0.3 is 8.98 Å². The number of aryl methyl sites for hydroxylation is 1. The zero-order valence-electron chi connectivity index (χ0n) is 13.0. The molecule has 0 fully saturated rings. The SMILES string of the molecule is Cc1ccc2occ(CN3CCc4nncn4CC3)c(=O)c2c1. The summed E-state index contributed by atoms with van der Waals surface area (Å²) in [5.74, 6) is 1.01. The van der Waals surface area contributed by atoms with Gasteiger partial charge in [-0.05, 0) is 19.1 Å². The van der Waals surface area contributed by atoms with Crippen LogP contribution >= 0.6 is 0 Å². The summed E-state index contributed by atoms with van der Waals surface area (Å²) in [5.41, 5.74) is 2.49. The lowest BCUT2D eigenvalue weighted by atomic mass is 10.1. The molecule has 118 valence electrons. The Labute approximate surface area is 133 Å². The third kappa shape index (κ3) is 2.66. The minimum absolute atomic E-state index is 0.0681. The van der Waals surface area contributed by atoms with Gasteiger partial charge in [0.05, 0.1) is 11.6 Å². The first-order valence-electron chi connectivity index (χ1n) is 7.81. The van der Waals surface area contributed by atoms with Crippen molar-refractivity contribution >= 4 is 11.0 Å². The minimum Gasteiger partial charge on any atom is -0.464 e. The number of nitrogens with zero attached hydrogens (tertiary/aromatic N) is 4. The highest BCUT2D eigenvalue weighted by atomic mass is 16.3. The van der Waals surface area contributed by atoms with Crippen LogP contribution in [0.1, 0.15) is 17.0 Å². The summed E-state index contributed by atoms with van der Waals surface area (Å²) in [5, 5.41) is 8.73. The predicted octanol–water partition coefficient (Wildman–Crippen LogP) is 1.75. The van der Waals surface area contributed by atoms with Gasteiger partial charge in [-0.25, -0.2) is 0 Å². The van der Waals surface area contributed by atoms with E-state index in [0.717, 1.165) is 37.4 Å². The first-order valence-corrected chi connectivity index (χ1v) is 7.81. The van der Waals surface area contributed by atoms with Crippen molar-refractivity contribution in [2.24, 2.45) is 0 Å². The van der Waals surface area contributed by atoms with Gasteiger partial charge in [0.25, 0.3) is 0 Å². The molecule has 1 aliphatic rings. The molecule has 0 bridgehead atoms. The van der Waals surface area contributed by atoms with E-state index in [4.69, 9.17) is 4.42 Å². The van der Waals surface area contributed by atoms with E-state index in [1.807, 2.05) is 25.1 Å². The zero-order chi connectivity index (χ0) is 15.8. The highest BCUT2D eigenvalue weighted by Crippen LogP contribution is 2.15. The van der Waals surface area contributed by atoms with Crippen LogP contribution in [0.2, 0.25) is 0 Å². The van der Waals surface area contributed by atoms with E-state index in [-0.39, 0.29) is 5.43 Å². The summed E-state index contributed by atoms with van der Waals surface area (Å²) >= 11 is 0. The predicted molar refractivity (Wildman–Crippen MR) is 86.2 cm³/mol. The van der Waals surface area contributed by atoms with Crippen molar-refractivity contribution in [1.82, 2.24) is 19.7 Å². The summed E-state index contributed by atoms with van der Waals surface area (Å²) in [6, 6.07) is 5.71. The summed E-state index contributed by atoms with van der Waals surface area (Å²) in [6.07, 6.45) is 4.22. The van der Waals surface area contributed by atoms with Gasteiger partial charge in [-0.3, -0.25) is 9.69 Å². The third-order valence-electron chi connectivity index (χ3n) is 4.40. The number of aromatic nitrogens is 3. The molecule has 0 atom stereocenters. The maximum Gasteiger partial charge on any atom is 0.197 e. The van der Waals surface area contributed by atoms with Crippen LogP contribution in [0.3, 0.4) is 0 Å². The molecule has 0 saturated heterocycles. The largest absolute Gasteiger partial charge is 0.464 e. The van der Waals surface area contributed by atoms with E-state index < -0.39 is 0 Å². The standard InChI is InChI=1S/C17H18N4O2/c1-12-2-3-15-14(8-12)17(22)13(10-23-15)9-20-5-4-16-19-18-11-21(16)7-6-20/h2-3,8,10-11H,4-7,9H2,1H3. The summed E-state index contributed by atoms with van der Waals surface area (Å²) in [7, 11) is 0. The summed E-state index contributed by atoms with van der Waals surface area (Å²) in [4.78, 5) is 15.0. The van der Waals surface area contributed by atoms with E-state index in [9.17, 15) is 4.79 Å². The Morgan fingerprint density at radius 3 is 3.09 bits per heavy atom. The van der Waals surface area contributed by atoms with E-state index in [2.05, 4.69) is 19.7 Å². The Kier molecular flexibility index (Phi) is 3.46. The van der Waals surface area contributed by atoms with Crippen molar-refractivity contribution in [3.05, 3.63) is 58.0 Å². The van der Waals surface area contributed by atoms with Crippen LogP contribution < -0.4 is 5.43 Å². The second-order valence-electron chi connectivity index (χ2n) is 6.06. The molecule has 3 heterocycles. The highest BCUT2D eigenvalue weighted by molar-refractivity contribution is 5.77. The van der Waals surface area contributed by atoms with Gasteiger partial charge >= 0.3 is 0 Å². The fraction of sp³-hybridized carbons (Fsp3) is 0.353. The Balaban J connectivity index is 1.59. The highest BCUT2D eigenvalue weighted by Gasteiger charge is 2.17. The lowest BCUT2D eigenvalue weighted by Gasteiger charge is -2.18. The molecule has 2 aromatic heterocycles. The zero-order valence-corrected chi connectivity index (χ0v) is 13.0. The van der Waals surface area contributed by atoms with Gasteiger partial charge in [0.2, 0.25) is 0 Å². The molecule has 6 nitrogen and oxygen atoms in total. The molecule has 0 N–H and O–H groups in total. The average molecular weight is 310 g/mol. The van der Waals surface area contributed by atoms with Crippen molar-refractivity contribution in [2.45, 2.75) is 26.4 Å². The maximum atomic E-state index is 12.7. The Bertz CT molecular complexity index is 890. The van der Waals surface area contributed by atoms with Crippen LogP contribution in [0.4, 0.5) is 0 Å². The van der Waals surface area contributed by atoms with E-state index in [1.165, 1.54) is 0 Å². The smallest absolute Gasteiger partial charge is 0.197 e. The fourth-order valence-electron chi connectivity index (χ4n) is 3.07. The molecule has 1 aliphatic heterocycles. The first kappa shape index (κ1) is 14.1. The number of fused-ring (bicyclic) bond motifs is 2. The maximum absolute atomic E-state index is 12.7. The Hall–Kier alpha value is -2.47. The molecule has 0 amide bonds. The van der Waals surface area contributed by atoms with Crippen LogP contribution in [-0.2, 0) is 19.5 Å². The molecule has 0 spiro atoms. The molecule has 0 radical (unpaired) electrons. The van der Waals surface area contributed by atoms with Crippen molar-refractivity contribution in [2.75, 3.05) is 13.1 Å². The van der Waals surface area contributed by atoms with E-state index in [0.29, 0.717) is 23.1 Å². The third-order valence-corrected chi connectivity index (χ3v) is 4.40. The van der Waals surface area contributed by atoms with Crippen molar-refractivity contribution in [3.63, 3.8) is 0 Å². The van der Waals surface area contributed by atoms with Crippen LogP contribution in [-0.4, -0.2) is 32.8 Å². The monoisotopic (exact) mass is 310 g/mol. The van der Waals surface area contributed by atoms with Crippen molar-refractivity contribution < 1.29 is 4.42 Å². The van der Waals surface area contributed by atoms with Crippen LogP contribution in [0.5, 0.6) is 0 Å². The van der Waals surface area contributed by atoms with Crippen LogP contribution in [0.15, 0.2) is 40.0 Å². The molecule has 0 saturated carbocycles. The molecule has 6 heteroatoms. The Morgan fingerprint density at radius 2 is 2.17 bits per heavy atom. The second-order valence-corrected chi connectivity index (χ2v) is 6.06. The second kappa shape index (κ2) is 5.62. The Morgan fingerprint density at radius 1 is 1.26 bits per heavy atom. The minimum atomic E-state index is 0.0681. The van der Waals surface area contributed by atoms with Gasteiger partial charge in [0.1, 0.15) is 17.7 Å². The molecule has 3 aromatic rings. The van der Waals surface area contributed by atoms with Crippen LogP contribution in [0.25, 0.3) is 11.0 Å². The summed E-state index contributed by atoms with van der Waals surface area (Å²) in [6.45, 7) is 5.17. The number of hydrogen-bond donors (Lipinski definition) is 0. The molecular formula is C17H18N4O2. The normalized spacial score (nSPS) is 15.5. The first-order chi connectivity index (χ1) is 11.2. The van der Waals surface area contributed by atoms with E-state index >= 15 is 0 Å². The number of benzene rings is 1. The van der Waals surface area contributed by atoms with Gasteiger partial charge in [0, 0.05) is 38.2 Å². The van der Waals surface area contributed by atoms with Gasteiger partial charge in [0.15, 0.2) is 5.43 Å². The number of hydrogen-bond acceptors (Lipinski definition) is 5. The van der Waals surface area contributed by atoms with E-state index in [1.54, 1.807) is 12.6 Å². The number of rotatable bonds is 2. The topological polar surface area (TPSA) is 64.2 Å². The lowest BCUT2D eigenvalue weighted by molar-refractivity contribution is 0.268. The summed E-state index contributed by atoms with van der Waals surface area (Å²) < 4.78 is 7.72. The lowest BCUT2D eigenvalue weighted by Crippen LogP contribution is -2.29. The molecule has 1 aromatic carbocycles. The molecule has 4 rings (SSSR count). The molecule has 0 aliphatic carbocycles. The fourth-order valence-corrected chi connectivity index (χ4v) is 3.07.